The molecule has 0 aliphatic carbocycles. The number of sulfonamides is 1. The van der Waals surface area contributed by atoms with Crippen LogP contribution in [0, 0.1) is 18.7 Å². The molecule has 1 N–H and O–H groups in total. The lowest BCUT2D eigenvalue weighted by Crippen LogP contribution is -2.37. The summed E-state index contributed by atoms with van der Waals surface area (Å²) in [7, 11) is -3.52. The highest BCUT2D eigenvalue weighted by atomic mass is 32.2. The summed E-state index contributed by atoms with van der Waals surface area (Å²) in [5.41, 5.74) is 1.80. The number of benzene rings is 2. The zero-order valence-corrected chi connectivity index (χ0v) is 19.9. The number of nitrogens with zero attached hydrogens (tertiary/aromatic N) is 3. The molecule has 34 heavy (non-hydrogen) atoms. The van der Waals surface area contributed by atoms with Gasteiger partial charge < -0.3 is 9.84 Å². The van der Waals surface area contributed by atoms with Crippen LogP contribution in [0.1, 0.15) is 37.6 Å². The molecule has 3 aromatic rings. The van der Waals surface area contributed by atoms with Crippen molar-refractivity contribution < 1.29 is 22.1 Å². The number of nitrogens with one attached hydrogen (secondary N) is 1. The van der Waals surface area contributed by atoms with Crippen molar-refractivity contribution in [3.63, 3.8) is 0 Å². The van der Waals surface area contributed by atoms with E-state index in [1.807, 2.05) is 0 Å². The van der Waals surface area contributed by atoms with E-state index in [2.05, 4.69) is 22.4 Å². The van der Waals surface area contributed by atoms with Crippen LogP contribution in [-0.4, -0.2) is 41.9 Å². The summed E-state index contributed by atoms with van der Waals surface area (Å²) >= 11 is 0. The van der Waals surface area contributed by atoms with Gasteiger partial charge in [-0.1, -0.05) is 12.1 Å². The number of aryl methyl sites for hydroxylation is 2. The number of amides is 1. The van der Waals surface area contributed by atoms with Gasteiger partial charge in [-0.25, -0.2) is 12.8 Å². The lowest BCUT2D eigenvalue weighted by atomic mass is 10.0. The van der Waals surface area contributed by atoms with Crippen molar-refractivity contribution in [3.05, 3.63) is 59.7 Å². The minimum absolute atomic E-state index is 0.115. The van der Waals surface area contributed by atoms with Crippen molar-refractivity contribution in [1.82, 2.24) is 14.4 Å². The second kappa shape index (κ2) is 10.0. The third-order valence-electron chi connectivity index (χ3n) is 5.99. The lowest BCUT2D eigenvalue weighted by molar-refractivity contribution is -0.116. The van der Waals surface area contributed by atoms with E-state index >= 15 is 0 Å². The predicted molar refractivity (Wildman–Crippen MR) is 125 cm³/mol. The van der Waals surface area contributed by atoms with Crippen LogP contribution in [0.3, 0.4) is 0 Å². The molecule has 0 atom stereocenters. The first kappa shape index (κ1) is 24.0. The minimum atomic E-state index is -3.52. The molecule has 0 saturated carbocycles. The highest BCUT2D eigenvalue weighted by Crippen LogP contribution is 2.25. The van der Waals surface area contributed by atoms with Crippen LogP contribution in [0.5, 0.6) is 0 Å². The third-order valence-corrected chi connectivity index (χ3v) is 7.90. The van der Waals surface area contributed by atoms with Gasteiger partial charge in [-0.2, -0.15) is 9.29 Å². The maximum Gasteiger partial charge on any atom is 0.243 e. The summed E-state index contributed by atoms with van der Waals surface area (Å²) in [6, 6.07) is 10.6. The van der Waals surface area contributed by atoms with Crippen molar-refractivity contribution in [2.45, 2.75) is 44.4 Å². The Morgan fingerprint density at radius 3 is 2.56 bits per heavy atom. The van der Waals surface area contributed by atoms with Gasteiger partial charge in [-0.05, 0) is 73.7 Å². The first-order chi connectivity index (χ1) is 16.2. The van der Waals surface area contributed by atoms with Crippen molar-refractivity contribution >= 4 is 21.6 Å². The molecule has 1 aliphatic rings. The van der Waals surface area contributed by atoms with Crippen LogP contribution in [0.25, 0.3) is 11.4 Å². The van der Waals surface area contributed by atoms with Gasteiger partial charge >= 0.3 is 0 Å². The van der Waals surface area contributed by atoms with E-state index in [1.54, 1.807) is 31.2 Å². The number of hydrogen-bond acceptors (Lipinski definition) is 6. The average molecular weight is 487 g/mol. The molecule has 1 aromatic heterocycles. The molecule has 1 saturated heterocycles. The summed E-state index contributed by atoms with van der Waals surface area (Å²) in [4.78, 5) is 16.8. The van der Waals surface area contributed by atoms with Crippen LogP contribution in [0.15, 0.2) is 51.9 Å². The highest BCUT2D eigenvalue weighted by molar-refractivity contribution is 7.89. The molecule has 180 valence electrons. The number of piperidine rings is 1. The van der Waals surface area contributed by atoms with E-state index in [1.165, 1.54) is 22.5 Å². The summed E-state index contributed by atoms with van der Waals surface area (Å²) in [5, 5.41) is 6.68. The van der Waals surface area contributed by atoms with E-state index in [0.717, 1.165) is 12.8 Å². The standard InChI is InChI=1S/C24H27FN4O4S/c1-16-11-13-29(14-12-16)34(31,32)20-6-3-18(4-7-20)24-27-23(33-28-24)10-9-22(30)26-21-8-5-19(25)15-17(21)2/h3-8,15-16H,9-14H2,1-2H3,(H,26,30). The second-order valence-corrected chi connectivity index (χ2v) is 10.6. The Morgan fingerprint density at radius 1 is 1.18 bits per heavy atom. The van der Waals surface area contributed by atoms with Gasteiger partial charge in [0.1, 0.15) is 5.82 Å². The van der Waals surface area contributed by atoms with Gasteiger partial charge in [0, 0.05) is 37.2 Å². The van der Waals surface area contributed by atoms with E-state index in [0.29, 0.717) is 47.5 Å². The van der Waals surface area contributed by atoms with E-state index in [9.17, 15) is 17.6 Å². The SMILES string of the molecule is Cc1cc(F)ccc1NC(=O)CCc1nc(-c2ccc(S(=O)(=O)N3CCC(C)CC3)cc2)no1. The Bertz CT molecular complexity index is 1270. The largest absolute Gasteiger partial charge is 0.339 e. The van der Waals surface area contributed by atoms with Crippen molar-refractivity contribution in [3.8, 4) is 11.4 Å². The van der Waals surface area contributed by atoms with E-state index in [4.69, 9.17) is 4.52 Å². The summed E-state index contributed by atoms with van der Waals surface area (Å²) in [6.45, 7) is 4.92. The maximum absolute atomic E-state index is 13.2. The fraction of sp³-hybridized carbons (Fsp3) is 0.375. The van der Waals surface area contributed by atoms with Gasteiger partial charge in [0.05, 0.1) is 4.90 Å². The Labute approximate surface area is 198 Å². The molecule has 0 bridgehead atoms. The Balaban J connectivity index is 1.36. The minimum Gasteiger partial charge on any atom is -0.339 e. The van der Waals surface area contributed by atoms with E-state index < -0.39 is 10.0 Å². The molecule has 0 unspecified atom stereocenters. The quantitative estimate of drug-likeness (QED) is 0.537. The van der Waals surface area contributed by atoms with Gasteiger partial charge in [-0.3, -0.25) is 4.79 Å². The zero-order chi connectivity index (χ0) is 24.3. The fourth-order valence-electron chi connectivity index (χ4n) is 3.82. The number of rotatable bonds is 7. The predicted octanol–water partition coefficient (Wildman–Crippen LogP) is 4.18. The molecule has 1 fully saturated rings. The molecular weight excluding hydrogens is 459 g/mol. The average Bonchev–Trinajstić information content (AvgIpc) is 3.29. The molecule has 10 heteroatoms. The first-order valence-electron chi connectivity index (χ1n) is 11.2. The molecule has 1 aliphatic heterocycles. The van der Waals surface area contributed by atoms with Crippen LogP contribution >= 0.6 is 0 Å². The molecule has 2 heterocycles. The maximum atomic E-state index is 13.2. The topological polar surface area (TPSA) is 105 Å². The second-order valence-electron chi connectivity index (χ2n) is 8.63. The molecule has 2 aromatic carbocycles. The van der Waals surface area contributed by atoms with Crippen molar-refractivity contribution in [2.24, 2.45) is 5.92 Å². The molecule has 0 spiro atoms. The molecule has 8 nitrogen and oxygen atoms in total. The Hall–Kier alpha value is -3.11. The number of hydrogen-bond donors (Lipinski definition) is 1. The van der Waals surface area contributed by atoms with Gasteiger partial charge in [0.15, 0.2) is 0 Å². The number of carbonyl (C=O) groups excluding carboxylic acids is 1. The third kappa shape index (κ3) is 5.51. The lowest BCUT2D eigenvalue weighted by Gasteiger charge is -2.29. The van der Waals surface area contributed by atoms with Crippen LogP contribution in [0.4, 0.5) is 10.1 Å². The molecule has 4 rings (SSSR count). The van der Waals surface area contributed by atoms with Crippen molar-refractivity contribution in [2.75, 3.05) is 18.4 Å². The highest BCUT2D eigenvalue weighted by Gasteiger charge is 2.28. The van der Waals surface area contributed by atoms with Gasteiger partial charge in [0.25, 0.3) is 0 Å². The van der Waals surface area contributed by atoms with Crippen LogP contribution in [-0.2, 0) is 21.2 Å². The van der Waals surface area contributed by atoms with E-state index in [-0.39, 0.29) is 29.5 Å². The summed E-state index contributed by atoms with van der Waals surface area (Å²) < 4.78 is 45.7. The number of carbonyl (C=O) groups is 1. The fourth-order valence-corrected chi connectivity index (χ4v) is 5.29. The zero-order valence-electron chi connectivity index (χ0n) is 19.1. The Morgan fingerprint density at radius 2 is 1.88 bits per heavy atom. The smallest absolute Gasteiger partial charge is 0.243 e. The normalized spacial score (nSPS) is 15.4. The number of halogens is 1. The Kier molecular flexibility index (Phi) is 7.08. The van der Waals surface area contributed by atoms with Crippen molar-refractivity contribution in [1.29, 1.82) is 0 Å². The van der Waals surface area contributed by atoms with Gasteiger partial charge in [-0.15, -0.1) is 0 Å². The van der Waals surface area contributed by atoms with Crippen LogP contribution < -0.4 is 5.32 Å². The summed E-state index contributed by atoms with van der Waals surface area (Å²) in [6.07, 6.45) is 2.08. The first-order valence-corrected chi connectivity index (χ1v) is 12.7. The summed E-state index contributed by atoms with van der Waals surface area (Å²) in [5.74, 6) is 0.539. The van der Waals surface area contributed by atoms with Crippen LogP contribution in [0.2, 0.25) is 0 Å². The monoisotopic (exact) mass is 486 g/mol. The molecule has 1 amide bonds. The molecular formula is C24H27FN4O4S. The number of aromatic nitrogens is 2. The number of anilines is 1. The van der Waals surface area contributed by atoms with Gasteiger partial charge in [0.2, 0.25) is 27.6 Å². The molecule has 0 radical (unpaired) electrons.